The monoisotopic (exact) mass is 194 g/mol. The molecule has 0 saturated carbocycles. The molecule has 0 aliphatic heterocycles. The highest BCUT2D eigenvalue weighted by molar-refractivity contribution is 4.98. The summed E-state index contributed by atoms with van der Waals surface area (Å²) in [5.74, 6) is 1.61. The zero-order valence-corrected chi connectivity index (χ0v) is 9.29. The molecular weight excluding hydrogens is 176 g/mol. The van der Waals surface area contributed by atoms with Crippen LogP contribution in [0.5, 0.6) is 0 Å². The highest BCUT2D eigenvalue weighted by atomic mass is 16.4. The van der Waals surface area contributed by atoms with E-state index in [9.17, 15) is 0 Å². The SMILES string of the molecule is CC(C)=CCNC(C)c1ncc(C)o1. The van der Waals surface area contributed by atoms with Crippen molar-refractivity contribution in [3.8, 4) is 0 Å². The first kappa shape index (κ1) is 11.0. The topological polar surface area (TPSA) is 38.1 Å². The van der Waals surface area contributed by atoms with Crippen molar-refractivity contribution in [1.82, 2.24) is 10.3 Å². The van der Waals surface area contributed by atoms with Crippen LogP contribution in [0.1, 0.15) is 38.5 Å². The van der Waals surface area contributed by atoms with Gasteiger partial charge in [-0.2, -0.15) is 0 Å². The number of nitrogens with zero attached hydrogens (tertiary/aromatic N) is 1. The highest BCUT2D eigenvalue weighted by Gasteiger charge is 2.08. The molecule has 0 bridgehead atoms. The van der Waals surface area contributed by atoms with Gasteiger partial charge in [-0.25, -0.2) is 4.98 Å². The molecule has 14 heavy (non-hydrogen) atoms. The van der Waals surface area contributed by atoms with Gasteiger partial charge >= 0.3 is 0 Å². The summed E-state index contributed by atoms with van der Waals surface area (Å²) in [5.41, 5.74) is 1.31. The highest BCUT2D eigenvalue weighted by Crippen LogP contribution is 2.11. The van der Waals surface area contributed by atoms with Crippen molar-refractivity contribution >= 4 is 0 Å². The molecule has 1 unspecified atom stereocenters. The Bertz CT molecular complexity index is 311. The fraction of sp³-hybridized carbons (Fsp3) is 0.545. The molecule has 0 aliphatic carbocycles. The molecule has 1 rings (SSSR count). The average Bonchev–Trinajstić information content (AvgIpc) is 2.51. The predicted molar refractivity (Wildman–Crippen MR) is 57.1 cm³/mol. The molecule has 0 aliphatic rings. The second-order valence-corrected chi connectivity index (χ2v) is 3.72. The van der Waals surface area contributed by atoms with Crippen molar-refractivity contribution in [2.24, 2.45) is 0 Å². The molecule has 0 radical (unpaired) electrons. The summed E-state index contributed by atoms with van der Waals surface area (Å²) in [6, 6.07) is 0.166. The summed E-state index contributed by atoms with van der Waals surface area (Å²) in [6.45, 7) is 8.97. The van der Waals surface area contributed by atoms with E-state index in [2.05, 4.69) is 30.2 Å². The lowest BCUT2D eigenvalue weighted by Gasteiger charge is -2.07. The number of allylic oxidation sites excluding steroid dienone is 1. The zero-order valence-electron chi connectivity index (χ0n) is 9.29. The van der Waals surface area contributed by atoms with Gasteiger partial charge in [0.1, 0.15) is 5.76 Å². The van der Waals surface area contributed by atoms with Crippen LogP contribution >= 0.6 is 0 Å². The van der Waals surface area contributed by atoms with Crippen LogP contribution in [0, 0.1) is 6.92 Å². The van der Waals surface area contributed by atoms with Crippen LogP contribution in [-0.4, -0.2) is 11.5 Å². The van der Waals surface area contributed by atoms with Gasteiger partial charge in [-0.15, -0.1) is 0 Å². The molecule has 0 aromatic carbocycles. The summed E-state index contributed by atoms with van der Waals surface area (Å²) in [7, 11) is 0. The molecule has 0 amide bonds. The third kappa shape index (κ3) is 3.34. The normalized spacial score (nSPS) is 12.6. The molecular formula is C11H18N2O. The van der Waals surface area contributed by atoms with Gasteiger partial charge in [-0.1, -0.05) is 11.6 Å². The fourth-order valence-corrected chi connectivity index (χ4v) is 1.10. The number of rotatable bonds is 4. The average molecular weight is 194 g/mol. The van der Waals surface area contributed by atoms with Crippen LogP contribution in [0.2, 0.25) is 0 Å². The Morgan fingerprint density at radius 3 is 2.86 bits per heavy atom. The van der Waals surface area contributed by atoms with E-state index in [1.807, 2.05) is 13.8 Å². The van der Waals surface area contributed by atoms with E-state index < -0.39 is 0 Å². The minimum atomic E-state index is 0.166. The second kappa shape index (κ2) is 4.96. The summed E-state index contributed by atoms with van der Waals surface area (Å²) in [5, 5.41) is 3.31. The van der Waals surface area contributed by atoms with E-state index in [1.165, 1.54) is 5.57 Å². The smallest absolute Gasteiger partial charge is 0.211 e. The molecule has 1 heterocycles. The van der Waals surface area contributed by atoms with Gasteiger partial charge in [0.25, 0.3) is 0 Å². The zero-order chi connectivity index (χ0) is 10.6. The van der Waals surface area contributed by atoms with Crippen LogP contribution < -0.4 is 5.32 Å². The second-order valence-electron chi connectivity index (χ2n) is 3.72. The lowest BCUT2D eigenvalue weighted by atomic mass is 10.3. The van der Waals surface area contributed by atoms with Crippen molar-refractivity contribution in [3.05, 3.63) is 29.5 Å². The molecule has 1 aromatic rings. The van der Waals surface area contributed by atoms with Crippen molar-refractivity contribution in [1.29, 1.82) is 0 Å². The fourth-order valence-electron chi connectivity index (χ4n) is 1.10. The lowest BCUT2D eigenvalue weighted by molar-refractivity contribution is 0.411. The third-order valence-corrected chi connectivity index (χ3v) is 1.94. The Balaban J connectivity index is 2.43. The molecule has 3 heteroatoms. The number of nitrogens with one attached hydrogen (secondary N) is 1. The molecule has 0 fully saturated rings. The Labute approximate surface area is 85.2 Å². The van der Waals surface area contributed by atoms with Gasteiger partial charge in [0.05, 0.1) is 12.2 Å². The van der Waals surface area contributed by atoms with Gasteiger partial charge in [-0.3, -0.25) is 0 Å². The number of oxazole rings is 1. The minimum Gasteiger partial charge on any atom is -0.444 e. The Morgan fingerprint density at radius 2 is 2.36 bits per heavy atom. The standard InChI is InChI=1S/C11H18N2O/c1-8(2)5-6-12-10(4)11-13-7-9(3)14-11/h5,7,10,12H,6H2,1-4H3. The lowest BCUT2D eigenvalue weighted by Crippen LogP contribution is -2.18. The van der Waals surface area contributed by atoms with E-state index in [4.69, 9.17) is 4.42 Å². The minimum absolute atomic E-state index is 0.166. The quantitative estimate of drug-likeness (QED) is 0.749. The molecule has 1 N–H and O–H groups in total. The van der Waals surface area contributed by atoms with E-state index in [-0.39, 0.29) is 6.04 Å². The first-order chi connectivity index (χ1) is 6.59. The van der Waals surface area contributed by atoms with E-state index in [0.717, 1.165) is 18.2 Å². The van der Waals surface area contributed by atoms with E-state index >= 15 is 0 Å². The van der Waals surface area contributed by atoms with Gasteiger partial charge in [0, 0.05) is 6.54 Å². The largest absolute Gasteiger partial charge is 0.444 e. The third-order valence-electron chi connectivity index (χ3n) is 1.94. The maximum absolute atomic E-state index is 5.41. The summed E-state index contributed by atoms with van der Waals surface area (Å²) in [4.78, 5) is 4.16. The van der Waals surface area contributed by atoms with Crippen molar-refractivity contribution in [2.45, 2.75) is 33.7 Å². The Hall–Kier alpha value is -1.09. The molecule has 1 atom stereocenters. The van der Waals surface area contributed by atoms with Crippen LogP contribution in [0.3, 0.4) is 0 Å². The predicted octanol–water partition coefficient (Wildman–Crippen LogP) is 2.60. The summed E-state index contributed by atoms with van der Waals surface area (Å²) >= 11 is 0. The number of hydrogen-bond donors (Lipinski definition) is 1. The molecule has 1 aromatic heterocycles. The van der Waals surface area contributed by atoms with Crippen LogP contribution in [-0.2, 0) is 0 Å². The number of aromatic nitrogens is 1. The Morgan fingerprint density at radius 1 is 1.64 bits per heavy atom. The van der Waals surface area contributed by atoms with Crippen molar-refractivity contribution < 1.29 is 4.42 Å². The number of aryl methyl sites for hydroxylation is 1. The van der Waals surface area contributed by atoms with Crippen LogP contribution in [0.25, 0.3) is 0 Å². The Kier molecular flexibility index (Phi) is 3.89. The van der Waals surface area contributed by atoms with Gasteiger partial charge in [0.15, 0.2) is 0 Å². The van der Waals surface area contributed by atoms with Crippen LogP contribution in [0.15, 0.2) is 22.3 Å². The summed E-state index contributed by atoms with van der Waals surface area (Å²) < 4.78 is 5.41. The van der Waals surface area contributed by atoms with E-state index in [0.29, 0.717) is 0 Å². The molecule has 78 valence electrons. The van der Waals surface area contributed by atoms with Crippen molar-refractivity contribution in [2.75, 3.05) is 6.54 Å². The van der Waals surface area contributed by atoms with Gasteiger partial charge in [0.2, 0.25) is 5.89 Å². The van der Waals surface area contributed by atoms with Crippen LogP contribution in [0.4, 0.5) is 0 Å². The maximum Gasteiger partial charge on any atom is 0.211 e. The van der Waals surface area contributed by atoms with E-state index in [1.54, 1.807) is 6.20 Å². The molecule has 3 nitrogen and oxygen atoms in total. The maximum atomic E-state index is 5.41. The van der Waals surface area contributed by atoms with Gasteiger partial charge < -0.3 is 9.73 Å². The first-order valence-electron chi connectivity index (χ1n) is 4.88. The summed E-state index contributed by atoms with van der Waals surface area (Å²) in [6.07, 6.45) is 3.89. The molecule has 0 spiro atoms. The first-order valence-corrected chi connectivity index (χ1v) is 4.88. The number of hydrogen-bond acceptors (Lipinski definition) is 3. The van der Waals surface area contributed by atoms with Gasteiger partial charge in [-0.05, 0) is 27.7 Å². The molecule has 0 saturated heterocycles. The van der Waals surface area contributed by atoms with Crippen molar-refractivity contribution in [3.63, 3.8) is 0 Å².